The Balaban J connectivity index is 2.11. The van der Waals surface area contributed by atoms with Crippen molar-refractivity contribution in [3.05, 3.63) is 71.8 Å². The molecule has 2 aromatic carbocycles. The molecule has 0 radical (unpaired) electrons. The van der Waals surface area contributed by atoms with E-state index in [2.05, 4.69) is 42.5 Å². The van der Waals surface area contributed by atoms with Gasteiger partial charge in [0.15, 0.2) is 0 Å². The number of aliphatic carboxylic acids is 1. The van der Waals surface area contributed by atoms with Gasteiger partial charge in [0.25, 0.3) is 0 Å². The van der Waals surface area contributed by atoms with Crippen LogP contribution >= 0.6 is 0 Å². The summed E-state index contributed by atoms with van der Waals surface area (Å²) in [6.07, 6.45) is 0.772. The highest BCUT2D eigenvalue weighted by Crippen LogP contribution is 2.12. The lowest BCUT2D eigenvalue weighted by atomic mass is 9.98. The van der Waals surface area contributed by atoms with E-state index < -0.39 is 120 Å². The van der Waals surface area contributed by atoms with Gasteiger partial charge in [0, 0.05) is 12.8 Å². The Morgan fingerprint density at radius 1 is 0.515 bits per heavy atom. The molecule has 0 unspecified atom stereocenters. The Hall–Kier alpha value is -6.37. The first-order chi connectivity index (χ1) is 31.0. The third-order valence-electron chi connectivity index (χ3n) is 10.9. The fourth-order valence-corrected chi connectivity index (χ4v) is 6.58. The number of rotatable bonds is 27. The van der Waals surface area contributed by atoms with E-state index in [0.29, 0.717) is 17.5 Å². The van der Waals surface area contributed by atoms with E-state index in [4.69, 9.17) is 5.73 Å². The molecule has 19 nitrogen and oxygen atoms in total. The average molecular weight is 922 g/mol. The summed E-state index contributed by atoms with van der Waals surface area (Å²) < 4.78 is 0. The van der Waals surface area contributed by atoms with Crippen LogP contribution in [0.15, 0.2) is 60.7 Å². The summed E-state index contributed by atoms with van der Waals surface area (Å²) in [4.78, 5) is 118. The van der Waals surface area contributed by atoms with Gasteiger partial charge >= 0.3 is 5.97 Å². The third kappa shape index (κ3) is 19.4. The summed E-state index contributed by atoms with van der Waals surface area (Å²) in [5.41, 5.74) is 7.31. The number of hydrogen-bond donors (Lipinski definition) is 10. The summed E-state index contributed by atoms with van der Waals surface area (Å²) >= 11 is 0. The van der Waals surface area contributed by atoms with E-state index in [-0.39, 0.29) is 31.1 Å². The van der Waals surface area contributed by atoms with Crippen molar-refractivity contribution in [1.82, 2.24) is 42.5 Å². The van der Waals surface area contributed by atoms with Gasteiger partial charge in [0.05, 0.1) is 19.1 Å². The van der Waals surface area contributed by atoms with Gasteiger partial charge in [-0.15, -0.1) is 0 Å². The number of hydrogen-bond acceptors (Lipinski definition) is 10. The molecule has 19 heteroatoms. The minimum absolute atomic E-state index is 0.00254. The first kappa shape index (κ1) is 55.8. The molecule has 0 aliphatic heterocycles. The zero-order valence-corrected chi connectivity index (χ0v) is 39.6. The fraction of sp³-hybridized carbons (Fsp3) is 0.553. The molecular weight excluding hydrogens is 851 g/mol. The molecule has 0 fully saturated rings. The minimum atomic E-state index is -1.24. The van der Waals surface area contributed by atoms with Crippen LogP contribution in [-0.2, 0) is 56.0 Å². The number of nitrogens with two attached hydrogens (primary N) is 1. The van der Waals surface area contributed by atoms with Crippen LogP contribution in [0.4, 0.5) is 0 Å². The number of amides is 8. The van der Waals surface area contributed by atoms with E-state index >= 15 is 0 Å². The lowest BCUT2D eigenvalue weighted by Crippen LogP contribution is -2.58. The van der Waals surface area contributed by atoms with E-state index in [1.165, 1.54) is 6.92 Å². The second kappa shape index (κ2) is 27.8. The summed E-state index contributed by atoms with van der Waals surface area (Å²) in [5.74, 6) is -7.74. The number of benzene rings is 2. The van der Waals surface area contributed by atoms with Crippen molar-refractivity contribution in [2.45, 2.75) is 130 Å². The maximum absolute atomic E-state index is 14.0. The molecule has 8 atom stereocenters. The van der Waals surface area contributed by atoms with Gasteiger partial charge in [-0.05, 0) is 48.1 Å². The zero-order valence-electron chi connectivity index (χ0n) is 39.6. The van der Waals surface area contributed by atoms with E-state index in [1.54, 1.807) is 102 Å². The maximum atomic E-state index is 14.0. The SMILES string of the molecule is CC[C@H](C)[C@H](NC(=O)[C@H](Cc1ccccc1)NC(=O)[C@H](Cc1ccccc1)NC(=O)CNC(=O)[C@@H](NC(=O)CNC(=O)[C@H](C)NC(=O)[C@H](CC(C)C)NC(=O)[C@@H](N)C(C)C)C(C)C)C(=O)O. The molecule has 0 saturated heterocycles. The molecule has 2 aromatic rings. The Bertz CT molecular complexity index is 1950. The number of carbonyl (C=O) groups excluding carboxylic acids is 8. The highest BCUT2D eigenvalue weighted by molar-refractivity contribution is 5.96. The first-order valence-electron chi connectivity index (χ1n) is 22.5. The van der Waals surface area contributed by atoms with Crippen LogP contribution in [0.25, 0.3) is 0 Å². The van der Waals surface area contributed by atoms with E-state index in [0.717, 1.165) is 0 Å². The van der Waals surface area contributed by atoms with E-state index in [1.807, 2.05) is 13.8 Å². The minimum Gasteiger partial charge on any atom is -0.480 e. The molecule has 364 valence electrons. The molecular formula is C47H71N9O10. The molecule has 0 aromatic heterocycles. The highest BCUT2D eigenvalue weighted by Gasteiger charge is 2.33. The first-order valence-corrected chi connectivity index (χ1v) is 22.5. The predicted octanol–water partition coefficient (Wildman–Crippen LogP) is 0.449. The Labute approximate surface area is 387 Å². The van der Waals surface area contributed by atoms with E-state index in [9.17, 15) is 48.3 Å². The summed E-state index contributed by atoms with van der Waals surface area (Å²) in [6.45, 7) is 14.4. The molecule has 0 heterocycles. The van der Waals surface area contributed by atoms with Gasteiger partial charge in [0.2, 0.25) is 47.3 Å². The topological polar surface area (TPSA) is 296 Å². The molecule has 0 aliphatic carbocycles. The number of carboxylic acids is 1. The van der Waals surface area contributed by atoms with Gasteiger partial charge < -0.3 is 53.4 Å². The van der Waals surface area contributed by atoms with Crippen LogP contribution in [0.3, 0.4) is 0 Å². The monoisotopic (exact) mass is 922 g/mol. The van der Waals surface area contributed by atoms with Crippen molar-refractivity contribution >= 4 is 53.2 Å². The van der Waals surface area contributed by atoms with Crippen LogP contribution in [0.1, 0.15) is 86.3 Å². The van der Waals surface area contributed by atoms with Gasteiger partial charge in [0.1, 0.15) is 36.3 Å². The highest BCUT2D eigenvalue weighted by atomic mass is 16.4. The molecule has 0 spiro atoms. The van der Waals surface area contributed by atoms with Gasteiger partial charge in [-0.25, -0.2) is 4.79 Å². The van der Waals surface area contributed by atoms with Crippen molar-refractivity contribution < 1.29 is 48.3 Å². The van der Waals surface area contributed by atoms with Crippen molar-refractivity contribution in [2.24, 2.45) is 29.4 Å². The normalized spacial score (nSPS) is 14.8. The van der Waals surface area contributed by atoms with Crippen LogP contribution in [0, 0.1) is 23.7 Å². The fourth-order valence-electron chi connectivity index (χ4n) is 6.58. The smallest absolute Gasteiger partial charge is 0.326 e. The number of nitrogens with one attached hydrogen (secondary N) is 8. The largest absolute Gasteiger partial charge is 0.480 e. The molecule has 2 rings (SSSR count). The molecule has 0 saturated carbocycles. The molecule has 11 N–H and O–H groups in total. The quantitative estimate of drug-likeness (QED) is 0.0587. The van der Waals surface area contributed by atoms with Crippen molar-refractivity contribution in [3.8, 4) is 0 Å². The van der Waals surface area contributed by atoms with Gasteiger partial charge in [-0.2, -0.15) is 0 Å². The van der Waals surface area contributed by atoms with Crippen LogP contribution < -0.4 is 48.3 Å². The molecule has 8 amide bonds. The number of carboxylic acid groups (broad SMARTS) is 1. The van der Waals surface area contributed by atoms with Gasteiger partial charge in [-0.3, -0.25) is 38.4 Å². The lowest BCUT2D eigenvalue weighted by molar-refractivity contribution is -0.143. The van der Waals surface area contributed by atoms with Crippen molar-refractivity contribution in [1.29, 1.82) is 0 Å². The molecule has 0 aliphatic rings. The van der Waals surface area contributed by atoms with Gasteiger partial charge in [-0.1, -0.05) is 122 Å². The summed E-state index contributed by atoms with van der Waals surface area (Å²) in [6, 6.07) is 9.88. The summed E-state index contributed by atoms with van der Waals surface area (Å²) in [7, 11) is 0. The second-order valence-corrected chi connectivity index (χ2v) is 17.7. The molecule has 0 bridgehead atoms. The van der Waals surface area contributed by atoms with Crippen molar-refractivity contribution in [3.63, 3.8) is 0 Å². The standard InChI is InChI=1S/C47H71N9O10/c1-10-29(8)40(47(65)66)56-44(62)35(23-32-19-15-12-16-20-32)53-43(61)34(22-31-17-13-11-14-18-31)52-36(57)24-50-46(64)39(28(6)7)55-37(58)25-49-41(59)30(9)51-42(60)33(21-26(2)3)54-45(63)38(48)27(4)5/h11-20,26-30,33-35,38-40H,10,21-25,48H2,1-9H3,(H,49,59)(H,50,64)(H,51,60)(H,52,57)(H,53,61)(H,54,63)(H,55,58)(H,56,62)(H,65,66)/t29-,30-,33-,34-,35-,38-,39-,40-/m0/s1. The molecule has 66 heavy (non-hydrogen) atoms. The maximum Gasteiger partial charge on any atom is 0.326 e. The second-order valence-electron chi connectivity index (χ2n) is 17.7. The van der Waals surface area contributed by atoms with Crippen LogP contribution in [0.5, 0.6) is 0 Å². The lowest BCUT2D eigenvalue weighted by Gasteiger charge is -2.26. The average Bonchev–Trinajstić information content (AvgIpc) is 3.27. The Kier molecular flexibility index (Phi) is 23.5. The third-order valence-corrected chi connectivity index (χ3v) is 10.9. The van der Waals surface area contributed by atoms with Crippen molar-refractivity contribution in [2.75, 3.05) is 13.1 Å². The van der Waals surface area contributed by atoms with Crippen LogP contribution in [0.2, 0.25) is 0 Å². The zero-order chi connectivity index (χ0) is 49.7. The Morgan fingerprint density at radius 3 is 1.44 bits per heavy atom. The Morgan fingerprint density at radius 2 is 0.970 bits per heavy atom. The summed E-state index contributed by atoms with van der Waals surface area (Å²) in [5, 5.41) is 30.4. The number of carbonyl (C=O) groups is 9. The predicted molar refractivity (Wildman–Crippen MR) is 248 cm³/mol. The van der Waals surface area contributed by atoms with Crippen LogP contribution in [-0.4, -0.2) is 114 Å².